The van der Waals surface area contributed by atoms with Gasteiger partial charge >= 0.3 is 0 Å². The normalized spacial score (nSPS) is 20.0. The van der Waals surface area contributed by atoms with Crippen LogP contribution in [0.1, 0.15) is 46.0 Å². The Hall–Kier alpha value is -3.03. The van der Waals surface area contributed by atoms with Crippen molar-refractivity contribution in [3.63, 3.8) is 0 Å². The molecule has 0 spiro atoms. The van der Waals surface area contributed by atoms with Crippen LogP contribution < -0.4 is 10.6 Å². The smallest absolute Gasteiger partial charge is 0.262 e. The molecule has 1 saturated heterocycles. The number of carbonyl (C=O) groups is 5. The highest BCUT2D eigenvalue weighted by molar-refractivity contribution is 6.24. The van der Waals surface area contributed by atoms with Gasteiger partial charge in [-0.15, -0.1) is 0 Å². The number of imide groups is 2. The van der Waals surface area contributed by atoms with Gasteiger partial charge in [0.05, 0.1) is 11.1 Å². The highest BCUT2D eigenvalue weighted by Crippen LogP contribution is 2.29. The van der Waals surface area contributed by atoms with E-state index in [0.717, 1.165) is 4.90 Å². The van der Waals surface area contributed by atoms with Gasteiger partial charge in [-0.2, -0.15) is 0 Å². The van der Waals surface area contributed by atoms with Crippen molar-refractivity contribution in [2.75, 3.05) is 0 Å². The quantitative estimate of drug-likeness (QED) is 0.741. The van der Waals surface area contributed by atoms with Gasteiger partial charge in [-0.05, 0) is 18.1 Å². The van der Waals surface area contributed by atoms with E-state index in [4.69, 9.17) is 0 Å². The first-order valence-corrected chi connectivity index (χ1v) is 7.48. The fourth-order valence-electron chi connectivity index (χ4n) is 2.95. The van der Waals surface area contributed by atoms with Gasteiger partial charge in [0.15, 0.2) is 0 Å². The number of nitrogens with one attached hydrogen (secondary N) is 2. The minimum Gasteiger partial charge on any atom is -0.352 e. The summed E-state index contributed by atoms with van der Waals surface area (Å²) in [5, 5.41) is 4.74. The fraction of sp³-hybridized carbons (Fsp3) is 0.312. The second-order valence-corrected chi connectivity index (χ2v) is 5.70. The molecule has 0 radical (unpaired) electrons. The molecule has 8 heteroatoms. The average Bonchev–Trinajstić information content (AvgIpc) is 2.78. The minimum atomic E-state index is -0.997. The third-order valence-corrected chi connectivity index (χ3v) is 4.08. The van der Waals surface area contributed by atoms with Gasteiger partial charge in [-0.25, -0.2) is 0 Å². The van der Waals surface area contributed by atoms with Crippen molar-refractivity contribution in [3.8, 4) is 0 Å². The number of fused-ring (bicyclic) bond motifs is 1. The monoisotopic (exact) mass is 329 g/mol. The van der Waals surface area contributed by atoms with Crippen molar-refractivity contribution in [1.29, 1.82) is 0 Å². The molecule has 2 heterocycles. The Balaban J connectivity index is 1.94. The first-order valence-electron chi connectivity index (χ1n) is 7.48. The molecule has 5 amide bonds. The van der Waals surface area contributed by atoms with E-state index < -0.39 is 29.7 Å². The lowest BCUT2D eigenvalue weighted by molar-refractivity contribution is -0.136. The molecule has 0 aromatic heterocycles. The molecule has 124 valence electrons. The van der Waals surface area contributed by atoms with Gasteiger partial charge in [-0.3, -0.25) is 34.2 Å². The Labute approximate surface area is 137 Å². The van der Waals surface area contributed by atoms with Crippen molar-refractivity contribution in [1.82, 2.24) is 15.5 Å². The summed E-state index contributed by atoms with van der Waals surface area (Å²) in [4.78, 5) is 60.6. The first kappa shape index (κ1) is 15.9. The van der Waals surface area contributed by atoms with Gasteiger partial charge in [0.2, 0.25) is 17.7 Å². The Morgan fingerprint density at radius 3 is 2.67 bits per heavy atom. The summed E-state index contributed by atoms with van der Waals surface area (Å²) in [7, 11) is 0. The molecule has 1 aromatic carbocycles. The van der Waals surface area contributed by atoms with Crippen LogP contribution in [0.15, 0.2) is 18.2 Å². The molecular formula is C16H15N3O5. The highest BCUT2D eigenvalue weighted by atomic mass is 16.2. The third kappa shape index (κ3) is 2.55. The van der Waals surface area contributed by atoms with Crippen molar-refractivity contribution >= 4 is 29.5 Å². The zero-order valence-corrected chi connectivity index (χ0v) is 12.9. The SMILES string of the molecule is CC(=O)NCc1cccc2c1C(=O)N([C@@H]1CCC(=O)NC1=O)C2=O. The largest absolute Gasteiger partial charge is 0.352 e. The van der Waals surface area contributed by atoms with E-state index in [1.54, 1.807) is 12.1 Å². The molecule has 8 nitrogen and oxygen atoms in total. The van der Waals surface area contributed by atoms with Gasteiger partial charge in [0.25, 0.3) is 11.8 Å². The van der Waals surface area contributed by atoms with Crippen LogP contribution >= 0.6 is 0 Å². The topological polar surface area (TPSA) is 113 Å². The van der Waals surface area contributed by atoms with Crippen molar-refractivity contribution < 1.29 is 24.0 Å². The van der Waals surface area contributed by atoms with E-state index >= 15 is 0 Å². The molecule has 3 rings (SSSR count). The maximum absolute atomic E-state index is 12.7. The van der Waals surface area contributed by atoms with Crippen LogP contribution in [0.5, 0.6) is 0 Å². The van der Waals surface area contributed by atoms with Crippen molar-refractivity contribution in [3.05, 3.63) is 34.9 Å². The standard InChI is InChI=1S/C16H15N3O5/c1-8(20)17-7-9-3-2-4-10-13(9)16(24)19(15(10)23)11-5-6-12(21)18-14(11)22/h2-4,11H,5-7H2,1H3,(H,17,20)(H,18,21,22)/t11-/m1/s1. The maximum atomic E-state index is 12.7. The molecular weight excluding hydrogens is 314 g/mol. The molecule has 1 atom stereocenters. The summed E-state index contributed by atoms with van der Waals surface area (Å²) >= 11 is 0. The van der Waals surface area contributed by atoms with E-state index in [0.29, 0.717) is 5.56 Å². The zero-order chi connectivity index (χ0) is 17.4. The molecule has 1 fully saturated rings. The van der Waals surface area contributed by atoms with Crippen LogP contribution in [0.2, 0.25) is 0 Å². The second-order valence-electron chi connectivity index (χ2n) is 5.70. The number of amides is 5. The molecule has 24 heavy (non-hydrogen) atoms. The third-order valence-electron chi connectivity index (χ3n) is 4.08. The minimum absolute atomic E-state index is 0.0720. The first-order chi connectivity index (χ1) is 11.4. The summed E-state index contributed by atoms with van der Waals surface area (Å²) < 4.78 is 0. The summed E-state index contributed by atoms with van der Waals surface area (Å²) in [5.41, 5.74) is 0.907. The predicted molar refractivity (Wildman–Crippen MR) is 80.6 cm³/mol. The van der Waals surface area contributed by atoms with Crippen LogP contribution in [0.3, 0.4) is 0 Å². The number of piperidine rings is 1. The number of hydrogen-bond acceptors (Lipinski definition) is 5. The molecule has 2 aliphatic heterocycles. The lowest BCUT2D eigenvalue weighted by Crippen LogP contribution is -2.54. The van der Waals surface area contributed by atoms with Crippen LogP contribution in [-0.2, 0) is 20.9 Å². The number of nitrogens with zero attached hydrogens (tertiary/aromatic N) is 1. The van der Waals surface area contributed by atoms with Crippen LogP contribution in [0, 0.1) is 0 Å². The number of carbonyl (C=O) groups excluding carboxylic acids is 5. The van der Waals surface area contributed by atoms with Crippen LogP contribution in [0.25, 0.3) is 0 Å². The van der Waals surface area contributed by atoms with Crippen molar-refractivity contribution in [2.45, 2.75) is 32.4 Å². The molecule has 0 aliphatic carbocycles. The Bertz CT molecular complexity index is 786. The van der Waals surface area contributed by atoms with Gasteiger partial charge in [0, 0.05) is 19.9 Å². The summed E-state index contributed by atoms with van der Waals surface area (Å²) in [6.45, 7) is 1.46. The lowest BCUT2D eigenvalue weighted by atomic mass is 10.0. The Morgan fingerprint density at radius 1 is 1.25 bits per heavy atom. The number of benzene rings is 1. The average molecular weight is 329 g/mol. The molecule has 0 saturated carbocycles. The molecule has 2 N–H and O–H groups in total. The second kappa shape index (κ2) is 5.88. The fourth-order valence-corrected chi connectivity index (χ4v) is 2.95. The van der Waals surface area contributed by atoms with Crippen molar-refractivity contribution in [2.24, 2.45) is 0 Å². The summed E-state index contributed by atoms with van der Waals surface area (Å²) in [5.74, 6) is -2.46. The van der Waals surface area contributed by atoms with Gasteiger partial charge < -0.3 is 5.32 Å². The Kier molecular flexibility index (Phi) is 3.88. The van der Waals surface area contributed by atoms with Crippen LogP contribution in [-0.4, -0.2) is 40.5 Å². The number of hydrogen-bond donors (Lipinski definition) is 2. The number of rotatable bonds is 3. The molecule has 1 aromatic rings. The molecule has 2 aliphatic rings. The van der Waals surface area contributed by atoms with Gasteiger partial charge in [0.1, 0.15) is 6.04 Å². The zero-order valence-electron chi connectivity index (χ0n) is 12.9. The van der Waals surface area contributed by atoms with Crippen LogP contribution in [0.4, 0.5) is 0 Å². The van der Waals surface area contributed by atoms with E-state index in [1.807, 2.05) is 0 Å². The van der Waals surface area contributed by atoms with E-state index in [1.165, 1.54) is 13.0 Å². The summed E-state index contributed by atoms with van der Waals surface area (Å²) in [6.07, 6.45) is 0.180. The lowest BCUT2D eigenvalue weighted by Gasteiger charge is -2.27. The van der Waals surface area contributed by atoms with E-state index in [-0.39, 0.29) is 36.4 Å². The predicted octanol–water partition coefficient (Wildman–Crippen LogP) is -0.276. The van der Waals surface area contributed by atoms with Gasteiger partial charge in [-0.1, -0.05) is 12.1 Å². The maximum Gasteiger partial charge on any atom is 0.262 e. The summed E-state index contributed by atoms with van der Waals surface area (Å²) in [6, 6.07) is 3.78. The van der Waals surface area contributed by atoms with E-state index in [9.17, 15) is 24.0 Å². The van der Waals surface area contributed by atoms with E-state index in [2.05, 4.69) is 10.6 Å². The highest BCUT2D eigenvalue weighted by Gasteiger charge is 2.45. The molecule has 0 bridgehead atoms. The Morgan fingerprint density at radius 2 is 2.00 bits per heavy atom. The molecule has 0 unspecified atom stereocenters.